The fraction of sp³-hybridized carbons (Fsp3) is 0.333. The van der Waals surface area contributed by atoms with Crippen LogP contribution in [0.4, 0.5) is 0 Å². The lowest BCUT2D eigenvalue weighted by molar-refractivity contribution is 0.0697. The van der Waals surface area contributed by atoms with Crippen LogP contribution < -0.4 is 0 Å². The van der Waals surface area contributed by atoms with Crippen molar-refractivity contribution in [3.63, 3.8) is 0 Å². The van der Waals surface area contributed by atoms with Gasteiger partial charge in [0.05, 0.1) is 21.7 Å². The lowest BCUT2D eigenvalue weighted by atomic mass is 10.1. The number of carbonyl (C=O) groups excluding carboxylic acids is 1. The van der Waals surface area contributed by atoms with E-state index < -0.39 is 10.0 Å². The van der Waals surface area contributed by atoms with Gasteiger partial charge in [0.15, 0.2) is 0 Å². The lowest BCUT2D eigenvalue weighted by Gasteiger charge is -2.34. The molecular weight excluding hydrogens is 410 g/mol. The van der Waals surface area contributed by atoms with E-state index >= 15 is 0 Å². The molecule has 2 aromatic carbocycles. The second-order valence-corrected chi connectivity index (χ2v) is 10.2. The molecule has 3 aromatic rings. The number of hydrogen-bond donors (Lipinski definition) is 0. The number of aryl methyl sites for hydroxylation is 4. The van der Waals surface area contributed by atoms with Crippen LogP contribution >= 0.6 is 0 Å². The molecule has 1 amide bonds. The fourth-order valence-electron chi connectivity index (χ4n) is 4.14. The molecule has 7 heteroatoms. The Morgan fingerprint density at radius 1 is 0.871 bits per heavy atom. The molecule has 0 aliphatic carbocycles. The number of rotatable bonds is 3. The number of fused-ring (bicyclic) bond motifs is 1. The highest BCUT2D eigenvalue weighted by Gasteiger charge is 2.31. The summed E-state index contributed by atoms with van der Waals surface area (Å²) in [6.45, 7) is 8.88. The summed E-state index contributed by atoms with van der Waals surface area (Å²) >= 11 is 0. The van der Waals surface area contributed by atoms with Gasteiger partial charge in [-0.3, -0.25) is 9.78 Å². The number of piperazine rings is 1. The summed E-state index contributed by atoms with van der Waals surface area (Å²) in [7, 11) is -3.58. The summed E-state index contributed by atoms with van der Waals surface area (Å²) < 4.78 is 27.7. The van der Waals surface area contributed by atoms with Crippen molar-refractivity contribution in [3.8, 4) is 0 Å². The Labute approximate surface area is 183 Å². The number of pyridine rings is 1. The Hall–Kier alpha value is -2.77. The summed E-state index contributed by atoms with van der Waals surface area (Å²) in [5.74, 6) is -0.100. The SMILES string of the molecule is Cc1ccc(S(=O)(=O)N2CCN(C(=O)c3cc4cc(C)ccc4nc3C)CC2)c(C)c1. The normalized spacial score (nSPS) is 15.4. The fourth-order valence-corrected chi connectivity index (χ4v) is 5.77. The standard InChI is InChI=1S/C24H27N3O3S/c1-16-6-8-23(18(3)13-16)31(29,30)27-11-9-26(10-12-27)24(28)21-15-20-14-17(2)5-7-22(20)25-19(21)4/h5-8,13-15H,9-12H2,1-4H3. The van der Waals surface area contributed by atoms with E-state index in [-0.39, 0.29) is 19.0 Å². The van der Waals surface area contributed by atoms with Crippen LogP contribution in [-0.4, -0.2) is 54.7 Å². The zero-order chi connectivity index (χ0) is 22.3. The van der Waals surface area contributed by atoms with E-state index in [2.05, 4.69) is 4.98 Å². The van der Waals surface area contributed by atoms with Crippen LogP contribution in [-0.2, 0) is 10.0 Å². The first-order chi connectivity index (χ1) is 14.7. The molecule has 2 heterocycles. The molecule has 1 aliphatic heterocycles. The number of hydrogen-bond acceptors (Lipinski definition) is 4. The molecule has 1 saturated heterocycles. The summed E-state index contributed by atoms with van der Waals surface area (Å²) in [5.41, 5.74) is 5.01. The first kappa shape index (κ1) is 21.5. The smallest absolute Gasteiger partial charge is 0.255 e. The van der Waals surface area contributed by atoms with Crippen LogP contribution in [0.5, 0.6) is 0 Å². The van der Waals surface area contributed by atoms with Gasteiger partial charge in [0.2, 0.25) is 10.0 Å². The van der Waals surface area contributed by atoms with E-state index in [4.69, 9.17) is 0 Å². The maximum Gasteiger partial charge on any atom is 0.255 e. The maximum atomic E-state index is 13.2. The van der Waals surface area contributed by atoms with Gasteiger partial charge in [-0.1, -0.05) is 29.3 Å². The number of nitrogens with zero attached hydrogens (tertiary/aromatic N) is 3. The molecule has 0 saturated carbocycles. The third kappa shape index (κ3) is 4.07. The molecule has 0 N–H and O–H groups in total. The average Bonchev–Trinajstić information content (AvgIpc) is 2.73. The Morgan fingerprint density at radius 2 is 1.52 bits per heavy atom. The Balaban J connectivity index is 1.53. The van der Waals surface area contributed by atoms with Gasteiger partial charge < -0.3 is 4.90 Å². The first-order valence-corrected chi connectivity index (χ1v) is 11.9. The molecule has 0 unspecified atom stereocenters. The number of benzene rings is 2. The van der Waals surface area contributed by atoms with Gasteiger partial charge in [-0.25, -0.2) is 8.42 Å². The monoisotopic (exact) mass is 437 g/mol. The lowest BCUT2D eigenvalue weighted by Crippen LogP contribution is -2.50. The van der Waals surface area contributed by atoms with Gasteiger partial charge in [0.25, 0.3) is 5.91 Å². The van der Waals surface area contributed by atoms with E-state index in [9.17, 15) is 13.2 Å². The van der Waals surface area contributed by atoms with Crippen LogP contribution in [0.25, 0.3) is 10.9 Å². The van der Waals surface area contributed by atoms with Crippen molar-refractivity contribution in [2.75, 3.05) is 26.2 Å². The molecule has 0 atom stereocenters. The molecule has 0 radical (unpaired) electrons. The van der Waals surface area contributed by atoms with Crippen molar-refractivity contribution in [2.45, 2.75) is 32.6 Å². The van der Waals surface area contributed by atoms with Gasteiger partial charge in [0, 0.05) is 31.6 Å². The zero-order valence-electron chi connectivity index (χ0n) is 18.3. The largest absolute Gasteiger partial charge is 0.336 e. The summed E-state index contributed by atoms with van der Waals surface area (Å²) in [4.78, 5) is 19.8. The third-order valence-corrected chi connectivity index (χ3v) is 7.92. The average molecular weight is 438 g/mol. The number of aromatic nitrogens is 1. The predicted molar refractivity (Wildman–Crippen MR) is 122 cm³/mol. The van der Waals surface area contributed by atoms with Crippen molar-refractivity contribution in [3.05, 3.63) is 70.4 Å². The second kappa shape index (κ2) is 8.05. The van der Waals surface area contributed by atoms with Crippen molar-refractivity contribution >= 4 is 26.8 Å². The molecule has 162 valence electrons. The summed E-state index contributed by atoms with van der Waals surface area (Å²) in [6.07, 6.45) is 0. The first-order valence-electron chi connectivity index (χ1n) is 10.4. The predicted octanol–water partition coefficient (Wildman–Crippen LogP) is 3.62. The van der Waals surface area contributed by atoms with E-state index in [1.165, 1.54) is 4.31 Å². The van der Waals surface area contributed by atoms with Gasteiger partial charge in [-0.15, -0.1) is 0 Å². The highest BCUT2D eigenvalue weighted by Crippen LogP contribution is 2.24. The molecule has 0 bridgehead atoms. The van der Waals surface area contributed by atoms with Crippen LogP contribution in [0.15, 0.2) is 47.4 Å². The van der Waals surface area contributed by atoms with Crippen molar-refractivity contribution in [2.24, 2.45) is 0 Å². The molecule has 0 spiro atoms. The van der Waals surface area contributed by atoms with Gasteiger partial charge in [0.1, 0.15) is 0 Å². The maximum absolute atomic E-state index is 13.2. The second-order valence-electron chi connectivity index (χ2n) is 8.28. The summed E-state index contributed by atoms with van der Waals surface area (Å²) in [5, 5.41) is 0.935. The minimum absolute atomic E-state index is 0.100. The molecule has 1 fully saturated rings. The van der Waals surface area contributed by atoms with Crippen LogP contribution in [0.3, 0.4) is 0 Å². The van der Waals surface area contributed by atoms with Gasteiger partial charge in [-0.05, 0) is 57.5 Å². The number of sulfonamides is 1. The van der Waals surface area contributed by atoms with E-state index in [0.29, 0.717) is 29.2 Å². The van der Waals surface area contributed by atoms with Crippen molar-refractivity contribution in [1.29, 1.82) is 0 Å². The Bertz CT molecular complexity index is 1280. The molecular formula is C24H27N3O3S. The topological polar surface area (TPSA) is 70.6 Å². The molecule has 1 aromatic heterocycles. The van der Waals surface area contributed by atoms with E-state index in [0.717, 1.165) is 27.6 Å². The Morgan fingerprint density at radius 3 is 2.19 bits per heavy atom. The number of carbonyl (C=O) groups is 1. The van der Waals surface area contributed by atoms with Crippen molar-refractivity contribution in [1.82, 2.24) is 14.2 Å². The Kier molecular flexibility index (Phi) is 5.58. The van der Waals surface area contributed by atoms with Crippen LogP contribution in [0.2, 0.25) is 0 Å². The highest BCUT2D eigenvalue weighted by atomic mass is 32.2. The summed E-state index contributed by atoms with van der Waals surface area (Å²) in [6, 6.07) is 13.2. The van der Waals surface area contributed by atoms with E-state index in [1.54, 1.807) is 11.0 Å². The minimum atomic E-state index is -3.58. The van der Waals surface area contributed by atoms with Crippen molar-refractivity contribution < 1.29 is 13.2 Å². The third-order valence-electron chi connectivity index (χ3n) is 5.87. The molecule has 31 heavy (non-hydrogen) atoms. The van der Waals surface area contributed by atoms with E-state index in [1.807, 2.05) is 64.1 Å². The van der Waals surface area contributed by atoms with Crippen LogP contribution in [0, 0.1) is 27.7 Å². The van der Waals surface area contributed by atoms with Crippen LogP contribution in [0.1, 0.15) is 32.7 Å². The molecule has 4 rings (SSSR count). The number of amides is 1. The minimum Gasteiger partial charge on any atom is -0.336 e. The quantitative estimate of drug-likeness (QED) is 0.628. The highest BCUT2D eigenvalue weighted by molar-refractivity contribution is 7.89. The zero-order valence-corrected chi connectivity index (χ0v) is 19.2. The van der Waals surface area contributed by atoms with Gasteiger partial charge >= 0.3 is 0 Å². The van der Waals surface area contributed by atoms with Gasteiger partial charge in [-0.2, -0.15) is 4.31 Å². The molecule has 1 aliphatic rings. The molecule has 6 nitrogen and oxygen atoms in total.